The van der Waals surface area contributed by atoms with Gasteiger partial charge in [-0.3, -0.25) is 10.1 Å². The monoisotopic (exact) mass is 184 g/mol. The highest BCUT2D eigenvalue weighted by molar-refractivity contribution is 5.77. The Balaban J connectivity index is 3.36. The summed E-state index contributed by atoms with van der Waals surface area (Å²) in [6.45, 7) is 3.05. The Hall–Kier alpha value is -1.05. The number of amides is 1. The molecule has 0 saturated heterocycles. The predicted octanol–water partition coefficient (Wildman–Crippen LogP) is -1.05. The minimum Gasteiger partial charge on any atom is -0.396 e. The Bertz CT molecular complexity index is 187. The maximum absolute atomic E-state index is 11.0. The molecule has 0 aromatic carbocycles. The molecule has 0 spiro atoms. The van der Waals surface area contributed by atoms with Crippen molar-refractivity contribution in [3.05, 3.63) is 0 Å². The summed E-state index contributed by atoms with van der Waals surface area (Å²) in [5, 5.41) is 14.1. The number of hydrogen-bond acceptors (Lipinski definition) is 3. The second-order valence-corrected chi connectivity index (χ2v) is 2.90. The van der Waals surface area contributed by atoms with Crippen LogP contribution in [0.1, 0.15) is 6.92 Å². The normalized spacial score (nSPS) is 11.8. The number of carbonyl (C=O) groups excluding carboxylic acids is 1. The number of aliphatic hydroxyl groups is 1. The molecule has 0 aromatic heterocycles. The van der Waals surface area contributed by atoms with Crippen molar-refractivity contribution in [1.29, 1.82) is 0 Å². The summed E-state index contributed by atoms with van der Waals surface area (Å²) in [6.07, 6.45) is 4.98. The van der Waals surface area contributed by atoms with Crippen molar-refractivity contribution in [2.75, 3.05) is 26.2 Å². The number of terminal acetylenes is 1. The van der Waals surface area contributed by atoms with Gasteiger partial charge in [-0.15, -0.1) is 6.42 Å². The molecule has 0 aliphatic carbocycles. The summed E-state index contributed by atoms with van der Waals surface area (Å²) in [5.41, 5.74) is 0. The average Bonchev–Trinajstić information content (AvgIpc) is 2.14. The molecule has 0 fully saturated rings. The fourth-order valence-electron chi connectivity index (χ4n) is 0.663. The van der Waals surface area contributed by atoms with Crippen LogP contribution in [-0.4, -0.2) is 37.3 Å². The predicted molar refractivity (Wildman–Crippen MR) is 51.0 cm³/mol. The van der Waals surface area contributed by atoms with E-state index in [1.807, 2.05) is 6.92 Å². The lowest BCUT2D eigenvalue weighted by Gasteiger charge is -2.09. The van der Waals surface area contributed by atoms with E-state index < -0.39 is 0 Å². The number of aliphatic hydroxyl groups excluding tert-OH is 1. The molecule has 3 N–H and O–H groups in total. The Kier molecular flexibility index (Phi) is 6.98. The van der Waals surface area contributed by atoms with Crippen molar-refractivity contribution in [2.24, 2.45) is 5.92 Å². The molecule has 4 nitrogen and oxygen atoms in total. The van der Waals surface area contributed by atoms with Crippen molar-refractivity contribution < 1.29 is 9.90 Å². The molecule has 74 valence electrons. The topological polar surface area (TPSA) is 61.4 Å². The van der Waals surface area contributed by atoms with Crippen LogP contribution < -0.4 is 10.6 Å². The third kappa shape index (κ3) is 7.32. The van der Waals surface area contributed by atoms with E-state index in [2.05, 4.69) is 16.6 Å². The van der Waals surface area contributed by atoms with Gasteiger partial charge in [0, 0.05) is 13.2 Å². The summed E-state index contributed by atoms with van der Waals surface area (Å²) >= 11 is 0. The van der Waals surface area contributed by atoms with E-state index in [1.165, 1.54) is 0 Å². The fourth-order valence-corrected chi connectivity index (χ4v) is 0.663. The Morgan fingerprint density at radius 3 is 2.92 bits per heavy atom. The molecule has 4 heteroatoms. The zero-order valence-electron chi connectivity index (χ0n) is 7.84. The van der Waals surface area contributed by atoms with Gasteiger partial charge in [0.15, 0.2) is 0 Å². The minimum atomic E-state index is -0.101. The van der Waals surface area contributed by atoms with Crippen molar-refractivity contribution >= 4 is 5.91 Å². The smallest absolute Gasteiger partial charge is 0.233 e. The highest BCUT2D eigenvalue weighted by Gasteiger charge is 2.02. The van der Waals surface area contributed by atoms with E-state index in [-0.39, 0.29) is 25.0 Å². The van der Waals surface area contributed by atoms with Crippen LogP contribution in [0.5, 0.6) is 0 Å². The molecule has 0 aliphatic rings. The second-order valence-electron chi connectivity index (χ2n) is 2.90. The maximum atomic E-state index is 11.0. The lowest BCUT2D eigenvalue weighted by Crippen LogP contribution is -2.36. The number of nitrogens with one attached hydrogen (secondary N) is 2. The van der Waals surface area contributed by atoms with Gasteiger partial charge in [-0.25, -0.2) is 0 Å². The number of rotatable bonds is 6. The number of hydrogen-bond donors (Lipinski definition) is 3. The van der Waals surface area contributed by atoms with E-state index in [4.69, 9.17) is 11.5 Å². The van der Waals surface area contributed by atoms with Gasteiger partial charge in [0.1, 0.15) is 0 Å². The van der Waals surface area contributed by atoms with Gasteiger partial charge >= 0.3 is 0 Å². The first-order valence-electron chi connectivity index (χ1n) is 4.22. The lowest BCUT2D eigenvalue weighted by molar-refractivity contribution is -0.120. The first-order valence-corrected chi connectivity index (χ1v) is 4.22. The molecule has 1 atom stereocenters. The van der Waals surface area contributed by atoms with Gasteiger partial charge in [-0.1, -0.05) is 12.8 Å². The van der Waals surface area contributed by atoms with E-state index in [0.29, 0.717) is 13.1 Å². The standard InChI is InChI=1S/C9H16N2O2/c1-3-4-10-6-9(13)11-5-8(2)7-12/h1,8,10,12H,4-7H2,2H3,(H,11,13). The number of carbonyl (C=O) groups is 1. The van der Waals surface area contributed by atoms with Crippen LogP contribution in [0.4, 0.5) is 0 Å². The van der Waals surface area contributed by atoms with E-state index in [9.17, 15) is 4.79 Å². The summed E-state index contributed by atoms with van der Waals surface area (Å²) in [7, 11) is 0. The molecule has 0 aromatic rings. The molecule has 1 amide bonds. The quantitative estimate of drug-likeness (QED) is 0.365. The van der Waals surface area contributed by atoms with Gasteiger partial charge in [0.25, 0.3) is 0 Å². The molecule has 0 heterocycles. The van der Waals surface area contributed by atoms with E-state index in [0.717, 1.165) is 0 Å². The molecule has 0 aliphatic heterocycles. The molecule has 0 rings (SSSR count). The largest absolute Gasteiger partial charge is 0.396 e. The van der Waals surface area contributed by atoms with Gasteiger partial charge in [-0.2, -0.15) is 0 Å². The van der Waals surface area contributed by atoms with Crippen molar-refractivity contribution in [2.45, 2.75) is 6.92 Å². The Morgan fingerprint density at radius 1 is 1.69 bits per heavy atom. The van der Waals surface area contributed by atoms with Crippen LogP contribution in [0.25, 0.3) is 0 Å². The molecule has 0 radical (unpaired) electrons. The van der Waals surface area contributed by atoms with Crippen molar-refractivity contribution in [1.82, 2.24) is 10.6 Å². The van der Waals surface area contributed by atoms with Crippen molar-refractivity contribution in [3.63, 3.8) is 0 Å². The molecule has 13 heavy (non-hydrogen) atoms. The molecule has 0 bridgehead atoms. The summed E-state index contributed by atoms with van der Waals surface area (Å²) < 4.78 is 0. The highest BCUT2D eigenvalue weighted by Crippen LogP contribution is 1.87. The SMILES string of the molecule is C#CCNCC(=O)NCC(C)CO. The Morgan fingerprint density at radius 2 is 2.38 bits per heavy atom. The van der Waals surface area contributed by atoms with Crippen molar-refractivity contribution in [3.8, 4) is 12.3 Å². The summed E-state index contributed by atoms with van der Waals surface area (Å²) in [4.78, 5) is 11.0. The van der Waals surface area contributed by atoms with Crippen LogP contribution >= 0.6 is 0 Å². The van der Waals surface area contributed by atoms with Crippen LogP contribution in [0.2, 0.25) is 0 Å². The maximum Gasteiger partial charge on any atom is 0.233 e. The first-order chi connectivity index (χ1) is 6.20. The van der Waals surface area contributed by atoms with Crippen LogP contribution in [0, 0.1) is 18.3 Å². The average molecular weight is 184 g/mol. The van der Waals surface area contributed by atoms with E-state index in [1.54, 1.807) is 0 Å². The first kappa shape index (κ1) is 11.9. The van der Waals surface area contributed by atoms with Crippen LogP contribution in [-0.2, 0) is 4.79 Å². The summed E-state index contributed by atoms with van der Waals surface area (Å²) in [5.74, 6) is 2.36. The Labute approximate surface area is 78.7 Å². The summed E-state index contributed by atoms with van der Waals surface area (Å²) in [6, 6.07) is 0. The van der Waals surface area contributed by atoms with Gasteiger partial charge in [0.05, 0.1) is 13.1 Å². The van der Waals surface area contributed by atoms with Crippen LogP contribution in [0.3, 0.4) is 0 Å². The second kappa shape index (κ2) is 7.59. The minimum absolute atomic E-state index is 0.0814. The molecular weight excluding hydrogens is 168 g/mol. The van der Waals surface area contributed by atoms with Crippen LogP contribution in [0.15, 0.2) is 0 Å². The van der Waals surface area contributed by atoms with E-state index >= 15 is 0 Å². The third-order valence-electron chi connectivity index (χ3n) is 1.47. The van der Waals surface area contributed by atoms with Gasteiger partial charge in [0.2, 0.25) is 5.91 Å². The van der Waals surface area contributed by atoms with Gasteiger partial charge in [-0.05, 0) is 5.92 Å². The van der Waals surface area contributed by atoms with Gasteiger partial charge < -0.3 is 10.4 Å². The zero-order valence-corrected chi connectivity index (χ0v) is 7.84. The zero-order chi connectivity index (χ0) is 10.1. The third-order valence-corrected chi connectivity index (χ3v) is 1.47. The fraction of sp³-hybridized carbons (Fsp3) is 0.667. The molecular formula is C9H16N2O2. The lowest BCUT2D eigenvalue weighted by atomic mass is 10.2. The molecule has 1 unspecified atom stereocenters. The highest BCUT2D eigenvalue weighted by atomic mass is 16.3. The molecule has 0 saturated carbocycles.